The van der Waals surface area contributed by atoms with Gasteiger partial charge in [-0.3, -0.25) is 18.9 Å². The summed E-state index contributed by atoms with van der Waals surface area (Å²) in [7, 11) is -7.33. The number of piperazine rings is 3. The number of hydrogen-bond acceptors (Lipinski definition) is 6. The van der Waals surface area contributed by atoms with E-state index in [4.69, 9.17) is 9.11 Å². The molecule has 0 unspecified atom stereocenters. The monoisotopic (exact) mass is 304 g/mol. The molecule has 3 fully saturated rings. The Balaban J connectivity index is 0.000000258. The van der Waals surface area contributed by atoms with Gasteiger partial charge in [0.1, 0.15) is 0 Å². The molecule has 0 amide bonds. The fraction of sp³-hybridized carbons (Fsp3) is 1.00. The summed E-state index contributed by atoms with van der Waals surface area (Å²) in [5.41, 5.74) is 0. The van der Waals surface area contributed by atoms with Crippen LogP contribution in [0.4, 0.5) is 0 Å². The smallest absolute Gasteiger partial charge is 0.261 e. The average molecular weight is 304 g/mol. The minimum atomic E-state index is -3.67. The lowest BCUT2D eigenvalue weighted by Crippen LogP contribution is -2.55. The van der Waals surface area contributed by atoms with Gasteiger partial charge in [-0.25, -0.2) is 0 Å². The zero-order valence-electron chi connectivity index (χ0n) is 10.5. The van der Waals surface area contributed by atoms with Crippen LogP contribution in [0.3, 0.4) is 0 Å². The quantitative estimate of drug-likeness (QED) is 0.526. The zero-order valence-corrected chi connectivity index (χ0v) is 12.1. The van der Waals surface area contributed by atoms with Crippen molar-refractivity contribution in [2.75, 3.05) is 51.8 Å². The molecule has 18 heavy (non-hydrogen) atoms. The minimum absolute atomic E-state index is 0.715. The Labute approximate surface area is 108 Å². The van der Waals surface area contributed by atoms with Gasteiger partial charge in [-0.15, -0.1) is 0 Å². The standard InChI is InChI=1S/C6H12N2.2CH4O3S/c1-2-8-5-3-7(1)4-6-8;2*1-5(2,3)4/h1-6H2;2*1H3,(H,2,3,4). The number of nitrogens with zero attached hydrogens (tertiary/aromatic N) is 2. The molecule has 3 aliphatic heterocycles. The van der Waals surface area contributed by atoms with Crippen LogP contribution >= 0.6 is 0 Å². The average Bonchev–Trinajstić information content (AvgIpc) is 2.15. The molecule has 0 aromatic carbocycles. The lowest BCUT2D eigenvalue weighted by Gasteiger charge is -2.41. The van der Waals surface area contributed by atoms with E-state index in [2.05, 4.69) is 9.80 Å². The molecule has 3 heterocycles. The molecular weight excluding hydrogens is 284 g/mol. The van der Waals surface area contributed by atoms with Crippen molar-refractivity contribution in [2.24, 2.45) is 0 Å². The van der Waals surface area contributed by atoms with E-state index in [0.29, 0.717) is 12.5 Å². The number of hydrogen-bond donors (Lipinski definition) is 2. The molecule has 0 aromatic heterocycles. The summed E-state index contributed by atoms with van der Waals surface area (Å²) < 4.78 is 51.7. The Hall–Kier alpha value is -0.260. The third-order valence-electron chi connectivity index (χ3n) is 2.20. The molecule has 0 atom stereocenters. The molecule has 0 spiro atoms. The second kappa shape index (κ2) is 7.36. The van der Waals surface area contributed by atoms with Crippen molar-refractivity contribution in [1.29, 1.82) is 0 Å². The Morgan fingerprint density at radius 2 is 0.778 bits per heavy atom. The first kappa shape index (κ1) is 17.7. The van der Waals surface area contributed by atoms with Crippen LogP contribution in [0.1, 0.15) is 0 Å². The molecule has 2 N–H and O–H groups in total. The summed E-state index contributed by atoms with van der Waals surface area (Å²) in [5, 5.41) is 0. The molecule has 3 saturated heterocycles. The maximum Gasteiger partial charge on any atom is 0.261 e. The Morgan fingerprint density at radius 1 is 0.667 bits per heavy atom. The molecule has 0 aliphatic carbocycles. The van der Waals surface area contributed by atoms with E-state index in [0.717, 1.165) is 0 Å². The zero-order chi connectivity index (χ0) is 14.4. The highest BCUT2D eigenvalue weighted by Gasteiger charge is 2.21. The van der Waals surface area contributed by atoms with Crippen molar-refractivity contribution in [3.63, 3.8) is 0 Å². The van der Waals surface area contributed by atoms with Crippen LogP contribution in [0.15, 0.2) is 0 Å². The van der Waals surface area contributed by atoms with Gasteiger partial charge in [-0.05, 0) is 0 Å². The van der Waals surface area contributed by atoms with Crippen molar-refractivity contribution in [3.05, 3.63) is 0 Å². The summed E-state index contributed by atoms with van der Waals surface area (Å²) in [6.45, 7) is 7.92. The topological polar surface area (TPSA) is 115 Å². The molecule has 8 nitrogen and oxygen atoms in total. The Kier molecular flexibility index (Phi) is 7.25. The first-order chi connectivity index (χ1) is 7.95. The van der Waals surface area contributed by atoms with Crippen molar-refractivity contribution in [1.82, 2.24) is 9.80 Å². The molecular formula is C8H20N2O6S2. The lowest BCUT2D eigenvalue weighted by atomic mass is 10.2. The fourth-order valence-electron chi connectivity index (χ4n) is 1.52. The van der Waals surface area contributed by atoms with Crippen LogP contribution in [-0.2, 0) is 20.2 Å². The maximum absolute atomic E-state index is 9.19. The normalized spacial score (nSPS) is 26.4. The highest BCUT2D eigenvalue weighted by molar-refractivity contribution is 7.85. The van der Waals surface area contributed by atoms with Crippen LogP contribution in [0.2, 0.25) is 0 Å². The molecule has 10 heteroatoms. The summed E-state index contributed by atoms with van der Waals surface area (Å²) in [5.74, 6) is 0. The van der Waals surface area contributed by atoms with Crippen LogP contribution in [0.5, 0.6) is 0 Å². The fourth-order valence-corrected chi connectivity index (χ4v) is 1.52. The Bertz CT molecular complexity index is 355. The summed E-state index contributed by atoms with van der Waals surface area (Å²) in [4.78, 5) is 5.08. The van der Waals surface area contributed by atoms with Gasteiger partial charge in [0.15, 0.2) is 0 Å². The molecule has 0 saturated carbocycles. The van der Waals surface area contributed by atoms with Gasteiger partial charge in [0.25, 0.3) is 20.2 Å². The van der Waals surface area contributed by atoms with Gasteiger partial charge in [0.05, 0.1) is 12.5 Å². The lowest BCUT2D eigenvalue weighted by molar-refractivity contribution is 0.0647. The third-order valence-corrected chi connectivity index (χ3v) is 2.20. The highest BCUT2D eigenvalue weighted by atomic mass is 32.2. The SMILES string of the molecule is C1CN2CCN1CC2.CS(=O)(=O)O.CS(=O)(=O)O. The molecule has 3 aliphatic rings. The van der Waals surface area contributed by atoms with E-state index < -0.39 is 20.2 Å². The van der Waals surface area contributed by atoms with Crippen molar-refractivity contribution in [3.8, 4) is 0 Å². The van der Waals surface area contributed by atoms with E-state index in [9.17, 15) is 16.8 Å². The third kappa shape index (κ3) is 15.7. The maximum atomic E-state index is 9.19. The van der Waals surface area contributed by atoms with Gasteiger partial charge in [-0.1, -0.05) is 0 Å². The number of rotatable bonds is 0. The molecule has 110 valence electrons. The predicted molar refractivity (Wildman–Crippen MR) is 67.8 cm³/mol. The van der Waals surface area contributed by atoms with Gasteiger partial charge in [-0.2, -0.15) is 16.8 Å². The second-order valence-electron chi connectivity index (χ2n) is 4.15. The minimum Gasteiger partial charge on any atom is -0.300 e. The van der Waals surface area contributed by atoms with E-state index >= 15 is 0 Å². The van der Waals surface area contributed by atoms with Crippen LogP contribution in [0, 0.1) is 0 Å². The van der Waals surface area contributed by atoms with E-state index in [-0.39, 0.29) is 0 Å². The molecule has 0 radical (unpaired) electrons. The predicted octanol–water partition coefficient (Wildman–Crippen LogP) is -1.37. The number of fused-ring (bicyclic) bond motifs is 3. The van der Waals surface area contributed by atoms with Gasteiger partial charge in [0, 0.05) is 39.3 Å². The van der Waals surface area contributed by atoms with E-state index in [1.807, 2.05) is 0 Å². The van der Waals surface area contributed by atoms with Crippen molar-refractivity contribution in [2.45, 2.75) is 0 Å². The van der Waals surface area contributed by atoms with Crippen LogP contribution < -0.4 is 0 Å². The molecule has 2 bridgehead atoms. The highest BCUT2D eigenvalue weighted by Crippen LogP contribution is 2.06. The summed E-state index contributed by atoms with van der Waals surface area (Å²) in [6.07, 6.45) is 1.43. The van der Waals surface area contributed by atoms with E-state index in [1.165, 1.54) is 39.3 Å². The Morgan fingerprint density at radius 3 is 0.833 bits per heavy atom. The summed E-state index contributed by atoms with van der Waals surface area (Å²) in [6, 6.07) is 0. The van der Waals surface area contributed by atoms with Crippen LogP contribution in [-0.4, -0.2) is 87.5 Å². The van der Waals surface area contributed by atoms with Gasteiger partial charge < -0.3 is 0 Å². The van der Waals surface area contributed by atoms with E-state index in [1.54, 1.807) is 0 Å². The second-order valence-corrected chi connectivity index (χ2v) is 7.08. The molecule has 0 aromatic rings. The first-order valence-corrected chi connectivity index (χ1v) is 8.94. The van der Waals surface area contributed by atoms with Gasteiger partial charge in [0.2, 0.25) is 0 Å². The van der Waals surface area contributed by atoms with Crippen molar-refractivity contribution < 1.29 is 25.9 Å². The van der Waals surface area contributed by atoms with Gasteiger partial charge >= 0.3 is 0 Å². The van der Waals surface area contributed by atoms with Crippen LogP contribution in [0.25, 0.3) is 0 Å². The first-order valence-electron chi connectivity index (χ1n) is 5.25. The van der Waals surface area contributed by atoms with Crippen molar-refractivity contribution >= 4 is 20.2 Å². The molecule has 3 rings (SSSR count). The summed E-state index contributed by atoms with van der Waals surface area (Å²) >= 11 is 0. The largest absolute Gasteiger partial charge is 0.300 e.